The van der Waals surface area contributed by atoms with E-state index in [4.69, 9.17) is 5.11 Å². The highest BCUT2D eigenvalue weighted by Crippen LogP contribution is 2.22. The molecule has 3 heterocycles. The van der Waals surface area contributed by atoms with E-state index in [-0.39, 0.29) is 5.56 Å². The normalized spacial score (nSPS) is 10.8. The zero-order valence-corrected chi connectivity index (χ0v) is 9.26. The van der Waals surface area contributed by atoms with Crippen LogP contribution in [-0.2, 0) is 0 Å². The molecular formula is C10H6N4O2S. The molecule has 1 N–H and O–H groups in total. The van der Waals surface area contributed by atoms with Gasteiger partial charge in [-0.1, -0.05) is 0 Å². The lowest BCUT2D eigenvalue weighted by Crippen LogP contribution is -1.99. The fourth-order valence-electron chi connectivity index (χ4n) is 1.55. The zero-order chi connectivity index (χ0) is 11.8. The van der Waals surface area contributed by atoms with Crippen LogP contribution in [0, 0.1) is 0 Å². The van der Waals surface area contributed by atoms with Gasteiger partial charge in [0.2, 0.25) is 0 Å². The maximum absolute atomic E-state index is 11.0. The summed E-state index contributed by atoms with van der Waals surface area (Å²) in [5.74, 6) is -1.04. The second-order valence-corrected chi connectivity index (χ2v) is 4.16. The maximum atomic E-state index is 11.0. The van der Waals surface area contributed by atoms with E-state index in [0.29, 0.717) is 5.65 Å². The Morgan fingerprint density at radius 1 is 1.35 bits per heavy atom. The predicted octanol–water partition coefficient (Wildman–Crippen LogP) is 1.55. The third-order valence-electron chi connectivity index (χ3n) is 2.28. The highest BCUT2D eigenvalue weighted by atomic mass is 32.1. The van der Waals surface area contributed by atoms with Crippen molar-refractivity contribution in [2.24, 2.45) is 0 Å². The Hall–Kier alpha value is -2.28. The molecule has 3 aromatic rings. The number of aromatic carboxylic acids is 1. The molecule has 0 fully saturated rings. The van der Waals surface area contributed by atoms with Crippen LogP contribution in [-0.4, -0.2) is 30.7 Å². The highest BCUT2D eigenvalue weighted by Gasteiger charge is 2.15. The molecule has 3 rings (SSSR count). The fourth-order valence-corrected chi connectivity index (χ4v) is 2.20. The van der Waals surface area contributed by atoms with Crippen molar-refractivity contribution in [2.75, 3.05) is 0 Å². The fraction of sp³-hybridized carbons (Fsp3) is 0. The van der Waals surface area contributed by atoms with E-state index in [0.717, 1.165) is 10.7 Å². The number of thiazole rings is 1. The third-order valence-corrected chi connectivity index (χ3v) is 3.08. The number of aromatic nitrogens is 4. The Labute approximate surface area is 99.2 Å². The van der Waals surface area contributed by atoms with E-state index in [1.807, 2.05) is 5.38 Å². The van der Waals surface area contributed by atoms with Crippen molar-refractivity contribution in [3.63, 3.8) is 0 Å². The van der Waals surface area contributed by atoms with E-state index in [9.17, 15) is 4.79 Å². The van der Waals surface area contributed by atoms with Crippen LogP contribution < -0.4 is 0 Å². The molecule has 0 unspecified atom stereocenters. The van der Waals surface area contributed by atoms with E-state index >= 15 is 0 Å². The van der Waals surface area contributed by atoms with Crippen molar-refractivity contribution in [3.8, 4) is 10.7 Å². The van der Waals surface area contributed by atoms with Crippen molar-refractivity contribution >= 4 is 23.0 Å². The summed E-state index contributed by atoms with van der Waals surface area (Å²) in [5, 5.41) is 15.6. The summed E-state index contributed by atoms with van der Waals surface area (Å²) in [6.07, 6.45) is 4.54. The summed E-state index contributed by atoms with van der Waals surface area (Å²) in [6.45, 7) is 0. The standard InChI is InChI=1S/C10H6N4O2S/c15-10(16)6-5-13-14-7(1-2-11-8(6)14)9-12-3-4-17-9/h1-5H,(H,15,16). The monoisotopic (exact) mass is 246 g/mol. The van der Waals surface area contributed by atoms with Crippen LogP contribution in [0.15, 0.2) is 30.0 Å². The minimum absolute atomic E-state index is 0.0865. The highest BCUT2D eigenvalue weighted by molar-refractivity contribution is 7.13. The molecule has 0 bridgehead atoms. The van der Waals surface area contributed by atoms with Gasteiger partial charge in [-0.15, -0.1) is 11.3 Å². The SMILES string of the molecule is O=C(O)c1cnn2c(-c3nccs3)ccnc12. The first-order chi connectivity index (χ1) is 8.27. The van der Waals surface area contributed by atoms with E-state index in [2.05, 4.69) is 15.1 Å². The number of carboxylic acids is 1. The van der Waals surface area contributed by atoms with Crippen molar-refractivity contribution in [3.05, 3.63) is 35.6 Å². The minimum atomic E-state index is -1.04. The smallest absolute Gasteiger partial charge is 0.341 e. The molecule has 0 saturated carbocycles. The lowest BCUT2D eigenvalue weighted by atomic mass is 10.3. The number of nitrogens with zero attached hydrogens (tertiary/aromatic N) is 4. The van der Waals surface area contributed by atoms with Crippen molar-refractivity contribution in [1.82, 2.24) is 19.6 Å². The van der Waals surface area contributed by atoms with E-state index in [1.165, 1.54) is 22.0 Å². The summed E-state index contributed by atoms with van der Waals surface area (Å²) in [4.78, 5) is 19.2. The molecule has 7 heteroatoms. The summed E-state index contributed by atoms with van der Waals surface area (Å²) in [5.41, 5.74) is 1.14. The average Bonchev–Trinajstić information content (AvgIpc) is 2.97. The number of hydrogen-bond donors (Lipinski definition) is 1. The Morgan fingerprint density at radius 2 is 2.24 bits per heavy atom. The quantitative estimate of drug-likeness (QED) is 0.742. The molecule has 0 spiro atoms. The van der Waals surface area contributed by atoms with Crippen LogP contribution >= 0.6 is 11.3 Å². The van der Waals surface area contributed by atoms with E-state index < -0.39 is 5.97 Å². The first kappa shape index (κ1) is 9.91. The van der Waals surface area contributed by atoms with Crippen LogP contribution in [0.25, 0.3) is 16.3 Å². The number of carboxylic acid groups (broad SMARTS) is 1. The van der Waals surface area contributed by atoms with Gasteiger partial charge in [0.05, 0.1) is 6.20 Å². The molecule has 0 aliphatic rings. The average molecular weight is 246 g/mol. The van der Waals surface area contributed by atoms with Crippen LogP contribution in [0.5, 0.6) is 0 Å². The molecule has 6 nitrogen and oxygen atoms in total. The molecular weight excluding hydrogens is 240 g/mol. The summed E-state index contributed by atoms with van der Waals surface area (Å²) >= 11 is 1.46. The van der Waals surface area contributed by atoms with Gasteiger partial charge in [-0.2, -0.15) is 5.10 Å². The Morgan fingerprint density at radius 3 is 2.94 bits per heavy atom. The number of rotatable bonds is 2. The molecule has 17 heavy (non-hydrogen) atoms. The molecule has 84 valence electrons. The topological polar surface area (TPSA) is 80.4 Å². The van der Waals surface area contributed by atoms with Gasteiger partial charge in [-0.3, -0.25) is 0 Å². The van der Waals surface area contributed by atoms with Crippen LogP contribution in [0.2, 0.25) is 0 Å². The Kier molecular flexibility index (Phi) is 2.12. The van der Waals surface area contributed by atoms with Gasteiger partial charge in [0.25, 0.3) is 0 Å². The molecule has 0 amide bonds. The van der Waals surface area contributed by atoms with Crippen LogP contribution in [0.3, 0.4) is 0 Å². The predicted molar refractivity (Wildman–Crippen MR) is 61.1 cm³/mol. The van der Waals surface area contributed by atoms with Crippen molar-refractivity contribution in [2.45, 2.75) is 0 Å². The van der Waals surface area contributed by atoms with Gasteiger partial charge in [0, 0.05) is 17.8 Å². The van der Waals surface area contributed by atoms with E-state index in [1.54, 1.807) is 18.5 Å². The first-order valence-electron chi connectivity index (χ1n) is 4.73. The van der Waals surface area contributed by atoms with Crippen LogP contribution in [0.4, 0.5) is 0 Å². The van der Waals surface area contributed by atoms with Gasteiger partial charge >= 0.3 is 5.97 Å². The van der Waals surface area contributed by atoms with Crippen molar-refractivity contribution in [1.29, 1.82) is 0 Å². The maximum Gasteiger partial charge on any atom is 0.341 e. The lowest BCUT2D eigenvalue weighted by Gasteiger charge is -2.00. The van der Waals surface area contributed by atoms with Crippen molar-refractivity contribution < 1.29 is 9.90 Å². The summed E-state index contributed by atoms with van der Waals surface area (Å²) < 4.78 is 1.49. The third kappa shape index (κ3) is 1.48. The first-order valence-corrected chi connectivity index (χ1v) is 5.61. The van der Waals surface area contributed by atoms with Gasteiger partial charge in [0.15, 0.2) is 5.65 Å². The molecule has 0 aliphatic heterocycles. The molecule has 0 radical (unpaired) electrons. The second-order valence-electron chi connectivity index (χ2n) is 3.27. The molecule has 0 aromatic carbocycles. The van der Waals surface area contributed by atoms with Gasteiger partial charge < -0.3 is 5.11 Å². The molecule has 0 aliphatic carbocycles. The number of hydrogen-bond acceptors (Lipinski definition) is 5. The molecule has 3 aromatic heterocycles. The minimum Gasteiger partial charge on any atom is -0.477 e. The zero-order valence-electron chi connectivity index (χ0n) is 8.44. The van der Waals surface area contributed by atoms with Gasteiger partial charge in [-0.25, -0.2) is 19.3 Å². The Balaban J connectivity index is 2.32. The molecule has 0 saturated heterocycles. The summed E-state index contributed by atoms with van der Waals surface area (Å²) in [6, 6.07) is 1.75. The van der Waals surface area contributed by atoms with Gasteiger partial charge in [-0.05, 0) is 6.07 Å². The second kappa shape index (κ2) is 3.63. The largest absolute Gasteiger partial charge is 0.477 e. The molecule has 0 atom stereocenters. The Bertz CT molecular complexity index is 689. The van der Waals surface area contributed by atoms with Crippen LogP contribution in [0.1, 0.15) is 10.4 Å². The van der Waals surface area contributed by atoms with Gasteiger partial charge in [0.1, 0.15) is 16.3 Å². The lowest BCUT2D eigenvalue weighted by molar-refractivity contribution is 0.0699. The number of fused-ring (bicyclic) bond motifs is 1. The number of carbonyl (C=O) groups is 1. The summed E-state index contributed by atoms with van der Waals surface area (Å²) in [7, 11) is 0.